The van der Waals surface area contributed by atoms with Crippen LogP contribution in [-0.4, -0.2) is 45.3 Å². The van der Waals surface area contributed by atoms with Crippen LogP contribution in [0, 0.1) is 0 Å². The lowest BCUT2D eigenvalue weighted by molar-refractivity contribution is -0.155. The Morgan fingerprint density at radius 3 is 2.50 bits per heavy atom. The third-order valence-electron chi connectivity index (χ3n) is 2.50. The van der Waals surface area contributed by atoms with Crippen molar-refractivity contribution in [3.05, 3.63) is 0 Å². The van der Waals surface area contributed by atoms with E-state index in [0.29, 0.717) is 12.8 Å². The van der Waals surface area contributed by atoms with Crippen LogP contribution in [0.25, 0.3) is 0 Å². The Labute approximate surface area is 81.3 Å². The lowest BCUT2D eigenvalue weighted by atomic mass is 9.86. The number of aliphatic hydroxyl groups is 1. The third-order valence-corrected chi connectivity index (χ3v) is 2.50. The molecule has 0 aromatic heterocycles. The van der Waals surface area contributed by atoms with Gasteiger partial charge < -0.3 is 20.8 Å². The number of primary amides is 1. The fourth-order valence-corrected chi connectivity index (χ4v) is 1.85. The van der Waals surface area contributed by atoms with Gasteiger partial charge in [0.1, 0.15) is 0 Å². The molecule has 2 unspecified atom stereocenters. The first-order valence-corrected chi connectivity index (χ1v) is 4.37. The van der Waals surface area contributed by atoms with E-state index < -0.39 is 23.6 Å². The van der Waals surface area contributed by atoms with E-state index >= 15 is 0 Å². The summed E-state index contributed by atoms with van der Waals surface area (Å²) in [7, 11) is 0. The van der Waals surface area contributed by atoms with E-state index in [0.717, 1.165) is 4.90 Å². The first-order valence-electron chi connectivity index (χ1n) is 4.37. The van der Waals surface area contributed by atoms with Gasteiger partial charge >= 0.3 is 12.0 Å². The van der Waals surface area contributed by atoms with E-state index in [-0.39, 0.29) is 6.54 Å². The average molecular weight is 202 g/mol. The number of carbonyl (C=O) groups is 2. The van der Waals surface area contributed by atoms with Gasteiger partial charge in [-0.25, -0.2) is 9.59 Å². The van der Waals surface area contributed by atoms with Crippen molar-refractivity contribution in [3.63, 3.8) is 0 Å². The van der Waals surface area contributed by atoms with Gasteiger partial charge in [-0.05, 0) is 19.8 Å². The Kier molecular flexibility index (Phi) is 2.66. The van der Waals surface area contributed by atoms with Gasteiger partial charge in [0.25, 0.3) is 0 Å². The van der Waals surface area contributed by atoms with Gasteiger partial charge in [-0.3, -0.25) is 0 Å². The van der Waals surface area contributed by atoms with Gasteiger partial charge in [-0.15, -0.1) is 0 Å². The highest BCUT2D eigenvalue weighted by molar-refractivity contribution is 5.83. The molecule has 1 heterocycles. The second kappa shape index (κ2) is 3.45. The quantitative estimate of drug-likeness (QED) is 0.526. The molecule has 6 heteroatoms. The zero-order valence-electron chi connectivity index (χ0n) is 7.93. The molecule has 0 bridgehead atoms. The SMILES string of the molecule is CC1(O)CCCN(C(N)=O)C1C(=O)O. The number of carbonyl (C=O) groups excluding carboxylic acids is 1. The van der Waals surface area contributed by atoms with E-state index in [4.69, 9.17) is 10.8 Å². The smallest absolute Gasteiger partial charge is 0.329 e. The van der Waals surface area contributed by atoms with Crippen LogP contribution >= 0.6 is 0 Å². The molecule has 2 amide bonds. The fourth-order valence-electron chi connectivity index (χ4n) is 1.85. The number of likely N-dealkylation sites (tertiary alicyclic amines) is 1. The van der Waals surface area contributed by atoms with Crippen LogP contribution in [0.15, 0.2) is 0 Å². The fraction of sp³-hybridized carbons (Fsp3) is 0.750. The van der Waals surface area contributed by atoms with Crippen molar-refractivity contribution < 1.29 is 19.8 Å². The summed E-state index contributed by atoms with van der Waals surface area (Å²) in [6, 6.07) is -2.05. The maximum atomic E-state index is 10.9. The first-order chi connectivity index (χ1) is 6.36. The van der Waals surface area contributed by atoms with E-state index in [9.17, 15) is 14.7 Å². The molecule has 1 saturated heterocycles. The molecule has 14 heavy (non-hydrogen) atoms. The monoisotopic (exact) mass is 202 g/mol. The molecule has 1 aliphatic heterocycles. The normalized spacial score (nSPS) is 32.7. The molecule has 1 fully saturated rings. The molecule has 6 nitrogen and oxygen atoms in total. The van der Waals surface area contributed by atoms with Crippen LogP contribution in [-0.2, 0) is 4.79 Å². The van der Waals surface area contributed by atoms with Crippen molar-refractivity contribution >= 4 is 12.0 Å². The number of piperidine rings is 1. The second-order valence-electron chi connectivity index (χ2n) is 3.73. The van der Waals surface area contributed by atoms with Crippen LogP contribution in [0.3, 0.4) is 0 Å². The Morgan fingerprint density at radius 2 is 2.14 bits per heavy atom. The van der Waals surface area contributed by atoms with E-state index in [1.54, 1.807) is 0 Å². The van der Waals surface area contributed by atoms with Crippen LogP contribution in [0.5, 0.6) is 0 Å². The van der Waals surface area contributed by atoms with Gasteiger partial charge in [0.2, 0.25) is 0 Å². The minimum Gasteiger partial charge on any atom is -0.480 e. The predicted molar refractivity (Wildman–Crippen MR) is 47.6 cm³/mol. The molecule has 0 radical (unpaired) electrons. The summed E-state index contributed by atoms with van der Waals surface area (Å²) in [4.78, 5) is 22.8. The highest BCUT2D eigenvalue weighted by Crippen LogP contribution is 2.27. The second-order valence-corrected chi connectivity index (χ2v) is 3.73. The van der Waals surface area contributed by atoms with Crippen molar-refractivity contribution in [2.75, 3.05) is 6.54 Å². The number of urea groups is 1. The molecule has 0 aliphatic carbocycles. The number of hydrogen-bond donors (Lipinski definition) is 3. The molecular formula is C8H14N2O4. The summed E-state index contributed by atoms with van der Waals surface area (Å²) in [6.07, 6.45) is 0.910. The van der Waals surface area contributed by atoms with Crippen LogP contribution in [0.2, 0.25) is 0 Å². The molecule has 4 N–H and O–H groups in total. The first kappa shape index (κ1) is 10.8. The van der Waals surface area contributed by atoms with E-state index in [2.05, 4.69) is 0 Å². The zero-order valence-corrected chi connectivity index (χ0v) is 7.93. The number of carboxylic acids is 1. The Balaban J connectivity index is 2.96. The van der Waals surface area contributed by atoms with Gasteiger partial charge in [0.05, 0.1) is 5.60 Å². The zero-order chi connectivity index (χ0) is 10.9. The van der Waals surface area contributed by atoms with Gasteiger partial charge in [0.15, 0.2) is 6.04 Å². The van der Waals surface area contributed by atoms with Crippen LogP contribution in [0.1, 0.15) is 19.8 Å². The molecule has 80 valence electrons. The predicted octanol–water partition coefficient (Wildman–Crippen LogP) is -0.635. The highest BCUT2D eigenvalue weighted by atomic mass is 16.4. The van der Waals surface area contributed by atoms with Crippen LogP contribution < -0.4 is 5.73 Å². The maximum absolute atomic E-state index is 10.9. The molecule has 0 aromatic carbocycles. The molecule has 0 spiro atoms. The minimum atomic E-state index is -1.40. The van der Waals surface area contributed by atoms with Crippen molar-refractivity contribution in [3.8, 4) is 0 Å². The summed E-state index contributed by atoms with van der Waals surface area (Å²) in [5.41, 5.74) is 3.63. The molecule has 0 saturated carbocycles. The number of amides is 2. The molecule has 1 rings (SSSR count). The molecular weight excluding hydrogens is 188 g/mol. The highest BCUT2D eigenvalue weighted by Gasteiger charge is 2.45. The summed E-state index contributed by atoms with van der Waals surface area (Å²) in [5.74, 6) is -1.23. The summed E-state index contributed by atoms with van der Waals surface area (Å²) >= 11 is 0. The minimum absolute atomic E-state index is 0.280. The van der Waals surface area contributed by atoms with E-state index in [1.165, 1.54) is 6.92 Å². The number of nitrogens with zero attached hydrogens (tertiary/aromatic N) is 1. The molecule has 2 atom stereocenters. The number of aliphatic carboxylic acids is 1. The number of rotatable bonds is 1. The van der Waals surface area contributed by atoms with Crippen LogP contribution in [0.4, 0.5) is 4.79 Å². The lowest BCUT2D eigenvalue weighted by Crippen LogP contribution is -2.62. The van der Waals surface area contributed by atoms with Crippen molar-refractivity contribution in [1.82, 2.24) is 4.90 Å². The van der Waals surface area contributed by atoms with Gasteiger partial charge in [0, 0.05) is 6.54 Å². The summed E-state index contributed by atoms with van der Waals surface area (Å²) in [5, 5.41) is 18.7. The number of hydrogen-bond acceptors (Lipinski definition) is 3. The topological polar surface area (TPSA) is 104 Å². The van der Waals surface area contributed by atoms with Crippen molar-refractivity contribution in [2.24, 2.45) is 5.73 Å². The molecule has 1 aliphatic rings. The maximum Gasteiger partial charge on any atom is 0.329 e. The summed E-state index contributed by atoms with van der Waals surface area (Å²) in [6.45, 7) is 1.68. The average Bonchev–Trinajstić information content (AvgIpc) is 2.00. The van der Waals surface area contributed by atoms with E-state index in [1.807, 2.05) is 0 Å². The third kappa shape index (κ3) is 1.79. The molecule has 0 aromatic rings. The Morgan fingerprint density at radius 1 is 1.57 bits per heavy atom. The largest absolute Gasteiger partial charge is 0.480 e. The van der Waals surface area contributed by atoms with Gasteiger partial charge in [-0.1, -0.05) is 0 Å². The summed E-state index contributed by atoms with van der Waals surface area (Å²) < 4.78 is 0. The lowest BCUT2D eigenvalue weighted by Gasteiger charge is -2.41. The van der Waals surface area contributed by atoms with Crippen molar-refractivity contribution in [2.45, 2.75) is 31.4 Å². The Bertz CT molecular complexity index is 264. The Hall–Kier alpha value is -1.30. The number of nitrogens with two attached hydrogens (primary N) is 1. The van der Waals surface area contributed by atoms with Crippen molar-refractivity contribution in [1.29, 1.82) is 0 Å². The number of carboxylic acid groups (broad SMARTS) is 1. The standard InChI is InChI=1S/C8H14N2O4/c1-8(14)3-2-4-10(7(9)13)5(8)6(11)12/h5,14H,2-4H2,1H3,(H2,9,13)(H,11,12). The van der Waals surface area contributed by atoms with Gasteiger partial charge in [-0.2, -0.15) is 0 Å².